The van der Waals surface area contributed by atoms with E-state index in [0.29, 0.717) is 54.7 Å². The number of rotatable bonds is 11. The van der Waals surface area contributed by atoms with Crippen molar-refractivity contribution in [2.75, 3.05) is 39.5 Å². The first-order chi connectivity index (χ1) is 17.0. The van der Waals surface area contributed by atoms with Crippen LogP contribution in [-0.2, 0) is 4.79 Å². The summed E-state index contributed by atoms with van der Waals surface area (Å²) in [5.74, 6) is 1.59. The molecule has 2 heterocycles. The average molecular weight is 483 g/mol. The molecule has 2 atom stereocenters. The number of amides is 1. The number of nitrogens with zero attached hydrogens (tertiary/aromatic N) is 1. The summed E-state index contributed by atoms with van der Waals surface area (Å²) in [5.41, 5.74) is 1.20. The van der Waals surface area contributed by atoms with E-state index in [2.05, 4.69) is 10.2 Å². The van der Waals surface area contributed by atoms with Gasteiger partial charge in [-0.15, -0.1) is 0 Å². The zero-order valence-electron chi connectivity index (χ0n) is 20.2. The Balaban J connectivity index is 1.38. The molecule has 0 unspecified atom stereocenters. The molecule has 1 amide bonds. The predicted octanol–water partition coefficient (Wildman–Crippen LogP) is 3.13. The van der Waals surface area contributed by atoms with Gasteiger partial charge in [0.2, 0.25) is 5.91 Å². The lowest BCUT2D eigenvalue weighted by atomic mass is 10.00. The third-order valence-electron chi connectivity index (χ3n) is 6.36. The van der Waals surface area contributed by atoms with E-state index in [9.17, 15) is 14.7 Å². The molecule has 0 spiro atoms. The quantitative estimate of drug-likeness (QED) is 0.475. The predicted molar refractivity (Wildman–Crippen MR) is 131 cm³/mol. The van der Waals surface area contributed by atoms with Crippen molar-refractivity contribution in [1.82, 2.24) is 10.2 Å². The fraction of sp³-hybridized carbons (Fsp3) is 0.481. The van der Waals surface area contributed by atoms with Crippen molar-refractivity contribution in [3.63, 3.8) is 0 Å². The van der Waals surface area contributed by atoms with Crippen LogP contribution in [0.3, 0.4) is 0 Å². The molecule has 2 aromatic rings. The van der Waals surface area contributed by atoms with Crippen molar-refractivity contribution in [3.05, 3.63) is 53.6 Å². The number of aliphatic hydroxyl groups excluding tert-OH is 1. The molecule has 8 nitrogen and oxygen atoms in total. The Kier molecular flexibility index (Phi) is 8.60. The number of hydrogen-bond donors (Lipinski definition) is 2. The van der Waals surface area contributed by atoms with Crippen molar-refractivity contribution in [1.29, 1.82) is 0 Å². The van der Waals surface area contributed by atoms with Gasteiger partial charge in [0.1, 0.15) is 25.1 Å². The zero-order chi connectivity index (χ0) is 24.6. The zero-order valence-corrected chi connectivity index (χ0v) is 20.2. The smallest absolute Gasteiger partial charge is 0.220 e. The molecule has 1 saturated heterocycles. The number of ketones is 1. The fourth-order valence-corrected chi connectivity index (χ4v) is 4.50. The Bertz CT molecular complexity index is 1000. The van der Waals surface area contributed by atoms with Gasteiger partial charge < -0.3 is 29.5 Å². The van der Waals surface area contributed by atoms with Crippen LogP contribution in [0.15, 0.2) is 42.5 Å². The van der Waals surface area contributed by atoms with Gasteiger partial charge in [0.05, 0.1) is 12.6 Å². The van der Waals surface area contributed by atoms with Crippen molar-refractivity contribution < 1.29 is 28.9 Å². The Morgan fingerprint density at radius 3 is 2.46 bits per heavy atom. The molecule has 2 N–H and O–H groups in total. The second-order valence-electron chi connectivity index (χ2n) is 8.91. The van der Waals surface area contributed by atoms with Crippen molar-refractivity contribution in [2.24, 2.45) is 0 Å². The van der Waals surface area contributed by atoms with Gasteiger partial charge in [-0.05, 0) is 74.8 Å². The molecule has 2 aliphatic heterocycles. The topological polar surface area (TPSA) is 97.3 Å². The first-order valence-corrected chi connectivity index (χ1v) is 12.4. The van der Waals surface area contributed by atoms with Gasteiger partial charge in [-0.2, -0.15) is 0 Å². The van der Waals surface area contributed by atoms with Crippen molar-refractivity contribution >= 4 is 11.7 Å². The molecular weight excluding hydrogens is 448 g/mol. The summed E-state index contributed by atoms with van der Waals surface area (Å²) < 4.78 is 16.6. The van der Waals surface area contributed by atoms with Crippen LogP contribution in [0.5, 0.6) is 17.2 Å². The summed E-state index contributed by atoms with van der Waals surface area (Å²) in [6.45, 7) is 5.84. The number of aliphatic hydroxyl groups is 1. The number of fused-ring (bicyclic) bond motifs is 1. The molecular formula is C27H34N2O6. The Morgan fingerprint density at radius 1 is 1.03 bits per heavy atom. The average Bonchev–Trinajstić information content (AvgIpc) is 3.40. The fourth-order valence-electron chi connectivity index (χ4n) is 4.50. The lowest BCUT2D eigenvalue weighted by molar-refractivity contribution is -0.122. The van der Waals surface area contributed by atoms with E-state index in [1.54, 1.807) is 42.5 Å². The number of hydrogen-bond acceptors (Lipinski definition) is 7. The lowest BCUT2D eigenvalue weighted by Gasteiger charge is -2.29. The first kappa shape index (κ1) is 25.0. The maximum Gasteiger partial charge on any atom is 0.220 e. The van der Waals surface area contributed by atoms with E-state index in [0.717, 1.165) is 25.9 Å². The first-order valence-electron chi connectivity index (χ1n) is 12.4. The lowest BCUT2D eigenvalue weighted by Crippen LogP contribution is -2.46. The summed E-state index contributed by atoms with van der Waals surface area (Å²) in [7, 11) is 0. The number of benzene rings is 2. The summed E-state index contributed by atoms with van der Waals surface area (Å²) in [4.78, 5) is 27.6. The molecule has 1 fully saturated rings. The van der Waals surface area contributed by atoms with Crippen LogP contribution in [0.1, 0.15) is 54.6 Å². The van der Waals surface area contributed by atoms with Crippen LogP contribution in [0, 0.1) is 0 Å². The summed E-state index contributed by atoms with van der Waals surface area (Å²) in [6, 6.07) is 11.8. The Labute approximate surface area is 206 Å². The highest BCUT2D eigenvalue weighted by atomic mass is 16.6. The van der Waals surface area contributed by atoms with Crippen LogP contribution in [0.2, 0.25) is 0 Å². The van der Waals surface area contributed by atoms with E-state index < -0.39 is 12.1 Å². The highest BCUT2D eigenvalue weighted by molar-refractivity contribution is 5.98. The van der Waals surface area contributed by atoms with E-state index in [4.69, 9.17) is 14.2 Å². The molecule has 4 rings (SSSR count). The summed E-state index contributed by atoms with van der Waals surface area (Å²) in [6.07, 6.45) is 1.44. The van der Waals surface area contributed by atoms with Gasteiger partial charge in [0.25, 0.3) is 0 Å². The molecule has 0 aliphatic carbocycles. The number of ether oxygens (including phenoxy) is 3. The van der Waals surface area contributed by atoms with Gasteiger partial charge >= 0.3 is 0 Å². The SMILES string of the molecule is CCOc1ccc(C(=O)CCC(=O)N[C@H](CN2CCCC2)[C@H](O)c2ccc3c(c2)OCCO3)cc1. The second-order valence-corrected chi connectivity index (χ2v) is 8.91. The third kappa shape index (κ3) is 6.74. The molecule has 0 saturated carbocycles. The van der Waals surface area contributed by atoms with Crippen LogP contribution >= 0.6 is 0 Å². The van der Waals surface area contributed by atoms with E-state index in [1.165, 1.54) is 0 Å². The number of likely N-dealkylation sites (tertiary alicyclic amines) is 1. The van der Waals surface area contributed by atoms with E-state index in [-0.39, 0.29) is 24.5 Å². The monoisotopic (exact) mass is 482 g/mol. The Morgan fingerprint density at radius 2 is 1.74 bits per heavy atom. The van der Waals surface area contributed by atoms with Gasteiger partial charge in [0.15, 0.2) is 17.3 Å². The van der Waals surface area contributed by atoms with Crippen molar-refractivity contribution in [2.45, 2.75) is 44.8 Å². The molecule has 0 aromatic heterocycles. The number of carbonyl (C=O) groups excluding carboxylic acids is 2. The Hall–Kier alpha value is -3.10. The van der Waals surface area contributed by atoms with Gasteiger partial charge in [-0.25, -0.2) is 0 Å². The van der Waals surface area contributed by atoms with Gasteiger partial charge in [0, 0.05) is 24.9 Å². The van der Waals surface area contributed by atoms with Gasteiger partial charge in [-0.1, -0.05) is 6.07 Å². The largest absolute Gasteiger partial charge is 0.494 e. The highest BCUT2D eigenvalue weighted by Gasteiger charge is 2.28. The van der Waals surface area contributed by atoms with Crippen LogP contribution < -0.4 is 19.5 Å². The maximum atomic E-state index is 12.8. The minimum atomic E-state index is -0.919. The van der Waals surface area contributed by atoms with Crippen molar-refractivity contribution in [3.8, 4) is 17.2 Å². The molecule has 8 heteroatoms. The standard InChI is InChI=1S/C27H34N2O6/c1-2-33-21-8-5-19(6-9-21)23(30)10-12-26(31)28-22(18-29-13-3-4-14-29)27(32)20-7-11-24-25(17-20)35-16-15-34-24/h5-9,11,17,22,27,32H,2-4,10,12-16,18H2,1H3,(H,28,31)/t22-,27-/m1/s1. The van der Waals surface area contributed by atoms with Gasteiger partial charge in [-0.3, -0.25) is 9.59 Å². The summed E-state index contributed by atoms with van der Waals surface area (Å²) in [5, 5.41) is 14.2. The molecule has 2 aromatic carbocycles. The molecule has 188 valence electrons. The minimum absolute atomic E-state index is 0.0520. The number of carbonyl (C=O) groups is 2. The molecule has 35 heavy (non-hydrogen) atoms. The number of nitrogens with one attached hydrogen (secondary N) is 1. The highest BCUT2D eigenvalue weighted by Crippen LogP contribution is 2.33. The van der Waals surface area contributed by atoms with Crippen LogP contribution in [0.25, 0.3) is 0 Å². The normalized spacial score (nSPS) is 17.0. The summed E-state index contributed by atoms with van der Waals surface area (Å²) >= 11 is 0. The number of Topliss-reactive ketones (excluding diaryl/α,β-unsaturated/α-hetero) is 1. The minimum Gasteiger partial charge on any atom is -0.494 e. The molecule has 0 bridgehead atoms. The van der Waals surface area contributed by atoms with E-state index >= 15 is 0 Å². The maximum absolute atomic E-state index is 12.8. The van der Waals surface area contributed by atoms with Crippen LogP contribution in [0.4, 0.5) is 0 Å². The molecule has 0 radical (unpaired) electrons. The third-order valence-corrected chi connectivity index (χ3v) is 6.36. The van der Waals surface area contributed by atoms with Crippen LogP contribution in [-0.4, -0.2) is 67.2 Å². The second kappa shape index (κ2) is 12.0. The van der Waals surface area contributed by atoms with E-state index in [1.807, 2.05) is 6.92 Å². The molecule has 2 aliphatic rings.